The van der Waals surface area contributed by atoms with Gasteiger partial charge in [0.05, 0.1) is 0 Å². The Labute approximate surface area is 144 Å². The molecule has 0 unspecified atom stereocenters. The minimum Gasteiger partial charge on any atom is -0.489 e. The number of hydrogen-bond donors (Lipinski definition) is 2. The zero-order valence-electron chi connectivity index (χ0n) is 13.6. The maximum atomic E-state index is 5.87. The lowest BCUT2D eigenvalue weighted by Crippen LogP contribution is -2.21. The van der Waals surface area contributed by atoms with Gasteiger partial charge in [0.2, 0.25) is 0 Å². The van der Waals surface area contributed by atoms with Crippen LogP contribution in [0.5, 0.6) is 5.75 Å². The number of hydrogen-bond acceptors (Lipinski definition) is 3. The Kier molecular flexibility index (Phi) is 7.95. The first-order valence-corrected chi connectivity index (χ1v) is 8.53. The van der Waals surface area contributed by atoms with Crippen LogP contribution in [0, 0.1) is 0 Å². The first-order chi connectivity index (χ1) is 11.3. The van der Waals surface area contributed by atoms with E-state index in [0.29, 0.717) is 6.61 Å². The van der Waals surface area contributed by atoms with Crippen molar-refractivity contribution in [3.05, 3.63) is 64.7 Å². The van der Waals surface area contributed by atoms with Gasteiger partial charge < -0.3 is 15.4 Å². The summed E-state index contributed by atoms with van der Waals surface area (Å²) in [6.45, 7) is 6.72. The van der Waals surface area contributed by atoms with Gasteiger partial charge >= 0.3 is 0 Å². The normalized spacial score (nSPS) is 10.7. The van der Waals surface area contributed by atoms with E-state index in [4.69, 9.17) is 16.3 Å². The number of halogens is 1. The Bertz CT molecular complexity index is 555. The zero-order chi connectivity index (χ0) is 16.3. The molecule has 0 atom stereocenters. The molecule has 0 radical (unpaired) electrons. The van der Waals surface area contributed by atoms with E-state index in [1.54, 1.807) is 0 Å². The van der Waals surface area contributed by atoms with Crippen LogP contribution in [-0.2, 0) is 13.2 Å². The van der Waals surface area contributed by atoms with E-state index >= 15 is 0 Å². The van der Waals surface area contributed by atoms with Crippen molar-refractivity contribution in [2.75, 3.05) is 19.6 Å². The monoisotopic (exact) mass is 332 g/mol. The lowest BCUT2D eigenvalue weighted by atomic mass is 10.2. The van der Waals surface area contributed by atoms with Crippen molar-refractivity contribution in [3.8, 4) is 5.75 Å². The summed E-state index contributed by atoms with van der Waals surface area (Å²) < 4.78 is 5.79. The van der Waals surface area contributed by atoms with E-state index in [-0.39, 0.29) is 0 Å². The van der Waals surface area contributed by atoms with Crippen molar-refractivity contribution in [2.24, 2.45) is 0 Å². The fourth-order valence-electron chi connectivity index (χ4n) is 2.20. The Morgan fingerprint density at radius 1 is 0.870 bits per heavy atom. The molecule has 4 heteroatoms. The molecule has 0 aliphatic carbocycles. The van der Waals surface area contributed by atoms with E-state index in [1.165, 1.54) is 5.56 Å². The molecule has 0 fully saturated rings. The van der Waals surface area contributed by atoms with E-state index in [2.05, 4.69) is 29.7 Å². The summed E-state index contributed by atoms with van der Waals surface area (Å²) in [6, 6.07) is 16.0. The highest BCUT2D eigenvalue weighted by atomic mass is 35.5. The number of ether oxygens (including phenoxy) is 1. The van der Waals surface area contributed by atoms with Gasteiger partial charge in [-0.05, 0) is 61.4 Å². The molecule has 0 heterocycles. The van der Waals surface area contributed by atoms with E-state index in [0.717, 1.165) is 48.9 Å². The predicted octanol–water partition coefficient (Wildman–Crippen LogP) is 4.01. The number of rotatable bonds is 10. The highest BCUT2D eigenvalue weighted by Gasteiger charge is 1.98. The van der Waals surface area contributed by atoms with Crippen LogP contribution in [0.1, 0.15) is 24.5 Å². The molecule has 2 rings (SSSR count). The molecule has 23 heavy (non-hydrogen) atoms. The van der Waals surface area contributed by atoms with E-state index in [1.807, 2.05) is 36.4 Å². The minimum absolute atomic E-state index is 0.555. The van der Waals surface area contributed by atoms with Crippen molar-refractivity contribution in [3.63, 3.8) is 0 Å². The third-order valence-corrected chi connectivity index (χ3v) is 3.78. The van der Waals surface area contributed by atoms with Crippen molar-refractivity contribution >= 4 is 11.6 Å². The molecule has 2 aromatic carbocycles. The van der Waals surface area contributed by atoms with Crippen molar-refractivity contribution in [1.82, 2.24) is 10.6 Å². The molecule has 0 saturated carbocycles. The Hall–Kier alpha value is -1.55. The minimum atomic E-state index is 0.555. The van der Waals surface area contributed by atoms with Crippen LogP contribution in [0.3, 0.4) is 0 Å². The second-order valence-corrected chi connectivity index (χ2v) is 5.88. The third-order valence-electron chi connectivity index (χ3n) is 3.53. The topological polar surface area (TPSA) is 33.3 Å². The first-order valence-electron chi connectivity index (χ1n) is 8.15. The fourth-order valence-corrected chi connectivity index (χ4v) is 2.32. The van der Waals surface area contributed by atoms with E-state index < -0.39 is 0 Å². The predicted molar refractivity (Wildman–Crippen MR) is 97.1 cm³/mol. The van der Waals surface area contributed by atoms with Crippen LogP contribution in [0.4, 0.5) is 0 Å². The molecule has 3 nitrogen and oxygen atoms in total. The highest BCUT2D eigenvalue weighted by molar-refractivity contribution is 6.30. The summed E-state index contributed by atoms with van der Waals surface area (Å²) in [5.74, 6) is 0.885. The van der Waals surface area contributed by atoms with Crippen molar-refractivity contribution < 1.29 is 4.74 Å². The van der Waals surface area contributed by atoms with Crippen LogP contribution < -0.4 is 15.4 Å². The quantitative estimate of drug-likeness (QED) is 0.645. The lowest BCUT2D eigenvalue weighted by molar-refractivity contribution is 0.306. The van der Waals surface area contributed by atoms with Gasteiger partial charge in [0.25, 0.3) is 0 Å². The Morgan fingerprint density at radius 3 is 2.22 bits per heavy atom. The van der Waals surface area contributed by atoms with Crippen LogP contribution in [0.2, 0.25) is 5.02 Å². The summed E-state index contributed by atoms with van der Waals surface area (Å²) in [5, 5.41) is 7.52. The van der Waals surface area contributed by atoms with Gasteiger partial charge in [-0.25, -0.2) is 0 Å². The van der Waals surface area contributed by atoms with Gasteiger partial charge in [-0.2, -0.15) is 0 Å². The van der Waals surface area contributed by atoms with Gasteiger partial charge in [0.1, 0.15) is 12.4 Å². The molecule has 0 aliphatic rings. The molecule has 2 aromatic rings. The molecule has 2 N–H and O–H groups in total. The second kappa shape index (κ2) is 10.3. The smallest absolute Gasteiger partial charge is 0.119 e. The lowest BCUT2D eigenvalue weighted by Gasteiger charge is -2.08. The standard InChI is InChI=1S/C19H25ClN2O/c1-2-21-12-3-13-22-14-16-6-10-19(11-7-16)23-15-17-4-8-18(20)9-5-17/h4-11,21-22H,2-3,12-15H2,1H3. The first kappa shape index (κ1) is 17.8. The Morgan fingerprint density at radius 2 is 1.52 bits per heavy atom. The maximum Gasteiger partial charge on any atom is 0.119 e. The molecule has 124 valence electrons. The second-order valence-electron chi connectivity index (χ2n) is 5.44. The SMILES string of the molecule is CCNCCCNCc1ccc(OCc2ccc(Cl)cc2)cc1. The van der Waals surface area contributed by atoms with Crippen molar-refractivity contribution in [2.45, 2.75) is 26.5 Å². The molecule has 0 bridgehead atoms. The van der Waals surface area contributed by atoms with Crippen LogP contribution >= 0.6 is 11.6 Å². The van der Waals surface area contributed by atoms with Crippen LogP contribution in [-0.4, -0.2) is 19.6 Å². The maximum absolute atomic E-state index is 5.87. The summed E-state index contributed by atoms with van der Waals surface area (Å²) in [6.07, 6.45) is 1.15. The van der Waals surface area contributed by atoms with Crippen molar-refractivity contribution in [1.29, 1.82) is 0 Å². The number of nitrogens with one attached hydrogen (secondary N) is 2. The van der Waals surface area contributed by atoms with Gasteiger partial charge in [-0.15, -0.1) is 0 Å². The third kappa shape index (κ3) is 7.04. The molecule has 0 aliphatic heterocycles. The Balaban J connectivity index is 1.68. The molecule has 0 amide bonds. The van der Waals surface area contributed by atoms with Gasteiger partial charge in [0.15, 0.2) is 0 Å². The summed E-state index contributed by atoms with van der Waals surface area (Å²) in [5.41, 5.74) is 2.38. The van der Waals surface area contributed by atoms with Gasteiger partial charge in [0, 0.05) is 11.6 Å². The highest BCUT2D eigenvalue weighted by Crippen LogP contribution is 2.15. The summed E-state index contributed by atoms with van der Waals surface area (Å²) in [7, 11) is 0. The van der Waals surface area contributed by atoms with Gasteiger partial charge in [-0.1, -0.05) is 42.8 Å². The molecule has 0 aromatic heterocycles. The van der Waals surface area contributed by atoms with Crippen LogP contribution in [0.25, 0.3) is 0 Å². The fraction of sp³-hybridized carbons (Fsp3) is 0.368. The van der Waals surface area contributed by atoms with Crippen LogP contribution in [0.15, 0.2) is 48.5 Å². The largest absolute Gasteiger partial charge is 0.489 e. The van der Waals surface area contributed by atoms with E-state index in [9.17, 15) is 0 Å². The summed E-state index contributed by atoms with van der Waals surface area (Å²) >= 11 is 5.87. The molecular weight excluding hydrogens is 308 g/mol. The molecule has 0 spiro atoms. The number of benzene rings is 2. The average molecular weight is 333 g/mol. The summed E-state index contributed by atoms with van der Waals surface area (Å²) in [4.78, 5) is 0. The molecule has 0 saturated heterocycles. The molecular formula is C19H25ClN2O. The average Bonchev–Trinajstić information content (AvgIpc) is 2.58. The van der Waals surface area contributed by atoms with Gasteiger partial charge in [-0.3, -0.25) is 0 Å². The zero-order valence-corrected chi connectivity index (χ0v) is 14.4.